The van der Waals surface area contributed by atoms with Crippen LogP contribution in [0.3, 0.4) is 0 Å². The van der Waals surface area contributed by atoms with E-state index in [9.17, 15) is 0 Å². The second-order valence-corrected chi connectivity index (χ2v) is 3.92. The first-order chi connectivity index (χ1) is 6.77. The molecular weight excluding hydrogens is 194 g/mol. The molecule has 1 saturated heterocycles. The molecule has 14 heavy (non-hydrogen) atoms. The van der Waals surface area contributed by atoms with Gasteiger partial charge in [0.15, 0.2) is 18.4 Å². The number of rotatable bonds is 1. The van der Waals surface area contributed by atoms with Crippen LogP contribution in [0.25, 0.3) is 0 Å². The maximum absolute atomic E-state index is 5.26. The van der Waals surface area contributed by atoms with Crippen LogP contribution in [0.15, 0.2) is 30.3 Å². The molecule has 1 unspecified atom stereocenters. The summed E-state index contributed by atoms with van der Waals surface area (Å²) in [5.74, 6) is 0. The lowest BCUT2D eigenvalue weighted by atomic mass is 10.3. The Morgan fingerprint density at radius 2 is 2.07 bits per heavy atom. The molecule has 0 aromatic heterocycles. The average Bonchev–Trinajstić information content (AvgIpc) is 2.23. The molecular formula is C10H14N3S+. The molecule has 0 radical (unpaired) electrons. The van der Waals surface area contributed by atoms with Crippen LogP contribution < -0.4 is 15.1 Å². The quantitative estimate of drug-likeness (QED) is 0.624. The molecule has 0 amide bonds. The Balaban J connectivity index is 2.20. The van der Waals surface area contributed by atoms with Crippen molar-refractivity contribution in [3.05, 3.63) is 30.3 Å². The van der Waals surface area contributed by atoms with Gasteiger partial charge >= 0.3 is 0 Å². The van der Waals surface area contributed by atoms with Crippen molar-refractivity contribution in [3.8, 4) is 0 Å². The Morgan fingerprint density at radius 3 is 2.79 bits per heavy atom. The zero-order valence-corrected chi connectivity index (χ0v) is 8.97. The van der Waals surface area contributed by atoms with Crippen LogP contribution in [0.5, 0.6) is 0 Å². The molecule has 3 nitrogen and oxygen atoms in total. The van der Waals surface area contributed by atoms with E-state index in [0.717, 1.165) is 24.1 Å². The summed E-state index contributed by atoms with van der Waals surface area (Å²) in [7, 11) is 2.14. The summed E-state index contributed by atoms with van der Waals surface area (Å²) in [5, 5.41) is 4.02. The van der Waals surface area contributed by atoms with E-state index in [4.69, 9.17) is 12.2 Å². The average molecular weight is 208 g/mol. The number of nitrogens with one attached hydrogen (secondary N) is 2. The molecule has 1 aromatic carbocycles. The molecule has 0 bridgehead atoms. The van der Waals surface area contributed by atoms with Crippen LogP contribution in [0.4, 0.5) is 5.69 Å². The van der Waals surface area contributed by atoms with E-state index in [1.165, 1.54) is 4.90 Å². The SMILES string of the molecule is C[NH+]1CNC(=S)N(c2ccccc2)C1. The predicted octanol–water partition coefficient (Wildman–Crippen LogP) is -0.189. The van der Waals surface area contributed by atoms with Crippen molar-refractivity contribution in [1.29, 1.82) is 0 Å². The molecule has 2 N–H and O–H groups in total. The molecule has 1 heterocycles. The van der Waals surface area contributed by atoms with Crippen molar-refractivity contribution in [3.63, 3.8) is 0 Å². The van der Waals surface area contributed by atoms with Gasteiger partial charge in [0, 0.05) is 5.69 Å². The lowest BCUT2D eigenvalue weighted by Crippen LogP contribution is -3.14. The third-order valence-corrected chi connectivity index (χ3v) is 2.65. The highest BCUT2D eigenvalue weighted by Crippen LogP contribution is 2.12. The maximum atomic E-state index is 5.26. The summed E-state index contributed by atoms with van der Waals surface area (Å²) in [4.78, 5) is 3.52. The lowest BCUT2D eigenvalue weighted by molar-refractivity contribution is -0.882. The third kappa shape index (κ3) is 1.86. The van der Waals surface area contributed by atoms with Crippen molar-refractivity contribution in [2.45, 2.75) is 0 Å². The van der Waals surface area contributed by atoms with Gasteiger partial charge in [-0.25, -0.2) is 0 Å². The van der Waals surface area contributed by atoms with Crippen molar-refractivity contribution in [2.75, 3.05) is 25.3 Å². The smallest absolute Gasteiger partial charge is 0.182 e. The summed E-state index contributed by atoms with van der Waals surface area (Å²) in [5.41, 5.74) is 1.16. The highest BCUT2D eigenvalue weighted by molar-refractivity contribution is 7.80. The lowest BCUT2D eigenvalue weighted by Gasteiger charge is -2.33. The maximum Gasteiger partial charge on any atom is 0.182 e. The second-order valence-electron chi connectivity index (χ2n) is 3.54. The Hall–Kier alpha value is -1.13. The zero-order chi connectivity index (χ0) is 9.97. The van der Waals surface area contributed by atoms with Crippen LogP contribution in [0.2, 0.25) is 0 Å². The number of anilines is 1. The molecule has 1 aliphatic heterocycles. The van der Waals surface area contributed by atoms with Gasteiger partial charge < -0.3 is 10.2 Å². The van der Waals surface area contributed by atoms with Gasteiger partial charge in [-0.3, -0.25) is 4.90 Å². The summed E-state index contributed by atoms with van der Waals surface area (Å²) >= 11 is 5.26. The van der Waals surface area contributed by atoms with Gasteiger partial charge in [-0.15, -0.1) is 0 Å². The van der Waals surface area contributed by atoms with Gasteiger partial charge in [0.2, 0.25) is 0 Å². The second kappa shape index (κ2) is 3.94. The fourth-order valence-electron chi connectivity index (χ4n) is 1.54. The monoisotopic (exact) mass is 208 g/mol. The van der Waals surface area contributed by atoms with Gasteiger partial charge in [0.05, 0.1) is 7.05 Å². The van der Waals surface area contributed by atoms with Gasteiger partial charge in [0.25, 0.3) is 0 Å². The van der Waals surface area contributed by atoms with E-state index in [1.807, 2.05) is 18.2 Å². The Bertz CT molecular complexity index is 325. The molecule has 1 atom stereocenters. The van der Waals surface area contributed by atoms with E-state index in [-0.39, 0.29) is 0 Å². The van der Waals surface area contributed by atoms with E-state index in [1.54, 1.807) is 0 Å². The van der Waals surface area contributed by atoms with E-state index >= 15 is 0 Å². The van der Waals surface area contributed by atoms with Crippen molar-refractivity contribution >= 4 is 23.0 Å². The van der Waals surface area contributed by atoms with E-state index < -0.39 is 0 Å². The fraction of sp³-hybridized carbons (Fsp3) is 0.300. The number of hydrogen-bond donors (Lipinski definition) is 2. The normalized spacial score (nSPS) is 21.9. The van der Waals surface area contributed by atoms with Crippen LogP contribution in [-0.4, -0.2) is 25.5 Å². The van der Waals surface area contributed by atoms with Gasteiger partial charge in [0.1, 0.15) is 0 Å². The van der Waals surface area contributed by atoms with Crippen LogP contribution in [-0.2, 0) is 0 Å². The number of nitrogens with zero attached hydrogens (tertiary/aromatic N) is 1. The number of quaternary nitrogens is 1. The number of hydrogen-bond acceptors (Lipinski definition) is 1. The van der Waals surface area contributed by atoms with E-state index in [0.29, 0.717) is 0 Å². The zero-order valence-electron chi connectivity index (χ0n) is 8.16. The highest BCUT2D eigenvalue weighted by atomic mass is 32.1. The molecule has 0 saturated carbocycles. The van der Waals surface area contributed by atoms with Crippen LogP contribution >= 0.6 is 12.2 Å². The standard InChI is InChI=1S/C10H13N3S/c1-12-7-11-10(14)13(8-12)9-5-3-2-4-6-9/h2-6H,7-8H2,1H3,(H,11,14)/p+1. The van der Waals surface area contributed by atoms with Crippen LogP contribution in [0, 0.1) is 0 Å². The summed E-state index contributed by atoms with van der Waals surface area (Å²) in [6.07, 6.45) is 0. The van der Waals surface area contributed by atoms with Crippen LogP contribution in [0.1, 0.15) is 0 Å². The molecule has 4 heteroatoms. The summed E-state index contributed by atoms with van der Waals surface area (Å²) in [6, 6.07) is 10.2. The fourth-order valence-corrected chi connectivity index (χ4v) is 1.78. The van der Waals surface area contributed by atoms with E-state index in [2.05, 4.69) is 29.4 Å². The van der Waals surface area contributed by atoms with Gasteiger partial charge in [-0.05, 0) is 24.4 Å². The summed E-state index contributed by atoms with van der Waals surface area (Å²) < 4.78 is 0. The predicted molar refractivity (Wildman–Crippen MR) is 61.3 cm³/mol. The minimum atomic E-state index is 0.821. The molecule has 2 rings (SSSR count). The molecule has 0 aliphatic carbocycles. The molecule has 1 aromatic rings. The first-order valence-corrected chi connectivity index (χ1v) is 5.10. The minimum Gasteiger partial charge on any atom is -0.315 e. The highest BCUT2D eigenvalue weighted by Gasteiger charge is 2.21. The minimum absolute atomic E-state index is 0.821. The van der Waals surface area contributed by atoms with Crippen molar-refractivity contribution in [1.82, 2.24) is 5.32 Å². The largest absolute Gasteiger partial charge is 0.315 e. The Labute approximate surface area is 89.3 Å². The molecule has 1 aliphatic rings. The topological polar surface area (TPSA) is 19.7 Å². The number of para-hydroxylation sites is 1. The number of thiocarbonyl (C=S) groups is 1. The first kappa shape index (κ1) is 9.43. The number of benzene rings is 1. The Kier molecular flexibility index (Phi) is 2.65. The molecule has 1 fully saturated rings. The van der Waals surface area contributed by atoms with Crippen molar-refractivity contribution < 1.29 is 4.90 Å². The van der Waals surface area contributed by atoms with Gasteiger partial charge in [-0.2, -0.15) is 0 Å². The van der Waals surface area contributed by atoms with Crippen molar-refractivity contribution in [2.24, 2.45) is 0 Å². The Morgan fingerprint density at radius 1 is 1.36 bits per heavy atom. The third-order valence-electron chi connectivity index (χ3n) is 2.28. The molecule has 74 valence electrons. The summed E-state index contributed by atoms with van der Waals surface area (Å²) in [6.45, 7) is 1.83. The van der Waals surface area contributed by atoms with Gasteiger partial charge in [-0.1, -0.05) is 18.2 Å². The molecule has 0 spiro atoms. The first-order valence-electron chi connectivity index (χ1n) is 4.69.